The number of ether oxygens (including phenoxy) is 1. The number of methoxy groups -OCH3 is 1. The van der Waals surface area contributed by atoms with Gasteiger partial charge in [0.15, 0.2) is 17.3 Å². The number of hydrogen-bond acceptors (Lipinski definition) is 4. The fourth-order valence-corrected chi connectivity index (χ4v) is 1.50. The lowest BCUT2D eigenvalue weighted by Gasteiger charge is -2.15. The number of aromatic hydroxyl groups is 1. The predicted molar refractivity (Wildman–Crippen MR) is 72.7 cm³/mol. The summed E-state index contributed by atoms with van der Waals surface area (Å²) >= 11 is 0. The van der Waals surface area contributed by atoms with Crippen molar-refractivity contribution >= 4 is 11.9 Å². The number of nitrogens with zero attached hydrogens (tertiary/aromatic N) is 1. The first-order valence-electron chi connectivity index (χ1n) is 5.83. The summed E-state index contributed by atoms with van der Waals surface area (Å²) in [5.41, 5.74) is 0.104. The van der Waals surface area contributed by atoms with E-state index < -0.39 is 5.41 Å². The molecule has 1 rings (SSSR count). The summed E-state index contributed by atoms with van der Waals surface area (Å²) in [7, 11) is 1.44. The average molecular weight is 259 g/mol. The van der Waals surface area contributed by atoms with E-state index in [1.165, 1.54) is 19.3 Å². The molecule has 0 fully saturated rings. The molecule has 0 heterocycles. The van der Waals surface area contributed by atoms with Crippen LogP contribution in [0, 0.1) is 16.7 Å². The van der Waals surface area contributed by atoms with Crippen LogP contribution in [0.15, 0.2) is 23.8 Å². The molecule has 0 atom stereocenters. The highest BCUT2D eigenvalue weighted by molar-refractivity contribution is 6.06. The van der Waals surface area contributed by atoms with Gasteiger partial charge in [-0.05, 0) is 23.8 Å². The van der Waals surface area contributed by atoms with Crippen molar-refractivity contribution in [3.63, 3.8) is 0 Å². The summed E-state index contributed by atoms with van der Waals surface area (Å²) in [5, 5.41) is 18.6. The van der Waals surface area contributed by atoms with Crippen molar-refractivity contribution in [2.45, 2.75) is 20.8 Å². The molecule has 0 radical (unpaired) electrons. The van der Waals surface area contributed by atoms with Crippen molar-refractivity contribution in [3.8, 4) is 17.6 Å². The lowest BCUT2D eigenvalue weighted by Crippen LogP contribution is -2.21. The van der Waals surface area contributed by atoms with Gasteiger partial charge >= 0.3 is 0 Å². The van der Waals surface area contributed by atoms with E-state index in [2.05, 4.69) is 0 Å². The molecule has 1 N–H and O–H groups in total. The highest BCUT2D eigenvalue weighted by Crippen LogP contribution is 2.28. The highest BCUT2D eigenvalue weighted by Gasteiger charge is 2.24. The van der Waals surface area contributed by atoms with Gasteiger partial charge < -0.3 is 9.84 Å². The van der Waals surface area contributed by atoms with Crippen molar-refractivity contribution < 1.29 is 14.6 Å². The van der Waals surface area contributed by atoms with Gasteiger partial charge in [-0.15, -0.1) is 0 Å². The van der Waals surface area contributed by atoms with Gasteiger partial charge in [-0.3, -0.25) is 4.79 Å². The van der Waals surface area contributed by atoms with Gasteiger partial charge in [-0.1, -0.05) is 26.8 Å². The first-order valence-corrected chi connectivity index (χ1v) is 5.83. The quantitative estimate of drug-likeness (QED) is 0.669. The third-order valence-corrected chi connectivity index (χ3v) is 2.56. The number of carbonyl (C=O) groups excluding carboxylic acids is 1. The molecule has 0 spiro atoms. The van der Waals surface area contributed by atoms with Crippen molar-refractivity contribution in [1.29, 1.82) is 5.26 Å². The number of phenolic OH excluding ortho intramolecular Hbond substituents is 1. The summed E-state index contributed by atoms with van der Waals surface area (Å²) < 4.78 is 4.98. The van der Waals surface area contributed by atoms with Gasteiger partial charge in [0, 0.05) is 5.41 Å². The number of allylic oxidation sites excluding steroid dienone is 1. The number of phenols is 1. The molecule has 0 unspecified atom stereocenters. The number of benzene rings is 1. The molecular formula is C15H17NO3. The average Bonchev–Trinajstić information content (AvgIpc) is 2.35. The van der Waals surface area contributed by atoms with Crippen LogP contribution in [0.4, 0.5) is 0 Å². The molecular weight excluding hydrogens is 242 g/mol. The van der Waals surface area contributed by atoms with Crippen LogP contribution in [0.1, 0.15) is 26.3 Å². The second-order valence-electron chi connectivity index (χ2n) is 5.18. The fraction of sp³-hybridized carbons (Fsp3) is 0.333. The minimum atomic E-state index is -0.609. The smallest absolute Gasteiger partial charge is 0.178 e. The summed E-state index contributed by atoms with van der Waals surface area (Å²) in [6.45, 7) is 5.29. The molecule has 100 valence electrons. The maximum atomic E-state index is 12.1. The summed E-state index contributed by atoms with van der Waals surface area (Å²) in [5.74, 6) is 0.0941. The van der Waals surface area contributed by atoms with E-state index in [1.807, 2.05) is 6.07 Å². The second-order valence-corrected chi connectivity index (χ2v) is 5.18. The van der Waals surface area contributed by atoms with Crippen LogP contribution in [0.25, 0.3) is 6.08 Å². The number of rotatable bonds is 3. The molecule has 4 nitrogen and oxygen atoms in total. The molecule has 1 aromatic rings. The Balaban J connectivity index is 3.20. The van der Waals surface area contributed by atoms with Gasteiger partial charge in [0.05, 0.1) is 12.7 Å². The number of hydrogen-bond donors (Lipinski definition) is 1. The highest BCUT2D eigenvalue weighted by atomic mass is 16.5. The van der Waals surface area contributed by atoms with Crippen LogP contribution in [0.2, 0.25) is 0 Å². The molecule has 1 aromatic carbocycles. The van der Waals surface area contributed by atoms with Crippen molar-refractivity contribution in [1.82, 2.24) is 0 Å². The number of Topliss-reactive ketones (excluding diaryl/α,β-unsaturated/α-hetero) is 1. The van der Waals surface area contributed by atoms with Crippen LogP contribution in [0.5, 0.6) is 11.5 Å². The lowest BCUT2D eigenvalue weighted by atomic mass is 9.86. The van der Waals surface area contributed by atoms with Gasteiger partial charge in [0.2, 0.25) is 0 Å². The van der Waals surface area contributed by atoms with E-state index in [-0.39, 0.29) is 17.1 Å². The van der Waals surface area contributed by atoms with Gasteiger partial charge in [0.1, 0.15) is 6.07 Å². The zero-order chi connectivity index (χ0) is 14.6. The standard InChI is InChI=1S/C15H17NO3/c1-15(2,3)14(18)11(9-16)7-10-5-6-12(17)13(8-10)19-4/h5-8,17H,1-4H3/b11-7+. The Morgan fingerprint density at radius 3 is 2.53 bits per heavy atom. The van der Waals surface area contributed by atoms with E-state index in [4.69, 9.17) is 10.00 Å². The Kier molecular flexibility index (Phi) is 4.34. The Bertz CT molecular complexity index is 560. The first kappa shape index (κ1) is 14.8. The van der Waals surface area contributed by atoms with Crippen LogP contribution >= 0.6 is 0 Å². The molecule has 0 amide bonds. The number of carbonyl (C=O) groups is 1. The maximum Gasteiger partial charge on any atom is 0.178 e. The van der Waals surface area contributed by atoms with E-state index in [0.717, 1.165) is 0 Å². The van der Waals surface area contributed by atoms with E-state index >= 15 is 0 Å². The third kappa shape index (κ3) is 3.59. The van der Waals surface area contributed by atoms with Gasteiger partial charge in [0.25, 0.3) is 0 Å². The van der Waals surface area contributed by atoms with Crippen LogP contribution in [-0.2, 0) is 4.79 Å². The van der Waals surface area contributed by atoms with Crippen LogP contribution < -0.4 is 4.74 Å². The molecule has 0 aliphatic heterocycles. The minimum absolute atomic E-state index is 0.0142. The molecule has 19 heavy (non-hydrogen) atoms. The van der Waals surface area contributed by atoms with Gasteiger partial charge in [-0.2, -0.15) is 5.26 Å². The van der Waals surface area contributed by atoms with E-state index in [1.54, 1.807) is 32.9 Å². The Morgan fingerprint density at radius 2 is 2.05 bits per heavy atom. The fourth-order valence-electron chi connectivity index (χ4n) is 1.50. The lowest BCUT2D eigenvalue weighted by molar-refractivity contribution is -0.121. The van der Waals surface area contributed by atoms with Crippen LogP contribution in [-0.4, -0.2) is 18.0 Å². The van der Waals surface area contributed by atoms with Crippen LogP contribution in [0.3, 0.4) is 0 Å². The normalized spacial score (nSPS) is 11.8. The zero-order valence-corrected chi connectivity index (χ0v) is 11.5. The Labute approximate surface area is 112 Å². The molecule has 0 saturated carbocycles. The van der Waals surface area contributed by atoms with Crippen molar-refractivity contribution in [3.05, 3.63) is 29.3 Å². The topological polar surface area (TPSA) is 70.3 Å². The Morgan fingerprint density at radius 1 is 1.42 bits per heavy atom. The molecule has 4 heteroatoms. The first-order chi connectivity index (χ1) is 8.79. The molecule has 0 saturated heterocycles. The largest absolute Gasteiger partial charge is 0.504 e. The summed E-state index contributed by atoms with van der Waals surface area (Å²) in [6, 6.07) is 6.56. The molecule has 0 aliphatic rings. The number of ketones is 1. The van der Waals surface area contributed by atoms with E-state index in [0.29, 0.717) is 11.3 Å². The summed E-state index contributed by atoms with van der Waals surface area (Å²) in [6.07, 6.45) is 1.50. The third-order valence-electron chi connectivity index (χ3n) is 2.56. The molecule has 0 aromatic heterocycles. The second kappa shape index (κ2) is 5.57. The molecule has 0 aliphatic carbocycles. The summed E-state index contributed by atoms with van der Waals surface area (Å²) in [4.78, 5) is 12.1. The maximum absolute atomic E-state index is 12.1. The monoisotopic (exact) mass is 259 g/mol. The zero-order valence-electron chi connectivity index (χ0n) is 11.5. The SMILES string of the molecule is COc1cc(/C=C(\C#N)C(=O)C(C)(C)C)ccc1O. The van der Waals surface area contributed by atoms with Crippen molar-refractivity contribution in [2.24, 2.45) is 5.41 Å². The Hall–Kier alpha value is -2.28. The number of nitriles is 1. The van der Waals surface area contributed by atoms with E-state index in [9.17, 15) is 9.90 Å². The molecule has 0 bridgehead atoms. The minimum Gasteiger partial charge on any atom is -0.504 e. The van der Waals surface area contributed by atoms with Gasteiger partial charge in [-0.25, -0.2) is 0 Å². The van der Waals surface area contributed by atoms with Crippen molar-refractivity contribution in [2.75, 3.05) is 7.11 Å². The predicted octanol–water partition coefficient (Wildman–Crippen LogP) is 2.92.